The Morgan fingerprint density at radius 2 is 1.68 bits per heavy atom. The van der Waals surface area contributed by atoms with E-state index in [4.69, 9.17) is 30.4 Å². The Balaban J connectivity index is 1.45. The zero-order valence-electron chi connectivity index (χ0n) is 31.5. The SMILES string of the molecule is CC(C)(COP(=O)(O)OP(=O)(O)OCC1OC(n2cnc3c(N)ncnc32)C(O)C1OP(=O)(O)O)C(O)C(=O)NCCC(=O)NCCSC(=O)CN(CC(N)=O)CC(=O)O. The number of aliphatic carboxylic acids is 1. The minimum atomic E-state index is -5.61. The molecule has 3 rings (SSSR count). The number of nitrogens with one attached hydrogen (secondary N) is 2. The zero-order valence-corrected chi connectivity index (χ0v) is 35.0. The summed E-state index contributed by atoms with van der Waals surface area (Å²) in [6.07, 6.45) is -7.23. The number of fused-ring (bicyclic) bond motifs is 1. The molecule has 7 atom stereocenters. The molecule has 1 fully saturated rings. The van der Waals surface area contributed by atoms with Crippen LogP contribution in [0.2, 0.25) is 0 Å². The molecule has 0 bridgehead atoms. The number of nitrogen functional groups attached to an aromatic ring is 1. The van der Waals surface area contributed by atoms with E-state index in [1.54, 1.807) is 0 Å². The van der Waals surface area contributed by atoms with Crippen LogP contribution in [0.15, 0.2) is 12.7 Å². The second-order valence-electron chi connectivity index (χ2n) is 13.3. The van der Waals surface area contributed by atoms with Crippen molar-refractivity contribution >= 4 is 81.0 Å². The molecule has 29 nitrogen and oxygen atoms in total. The Bertz CT molecular complexity index is 2010. The van der Waals surface area contributed by atoms with E-state index < -0.39 is 115 Å². The highest BCUT2D eigenvalue weighted by molar-refractivity contribution is 8.13. The largest absolute Gasteiger partial charge is 0.481 e. The summed E-state index contributed by atoms with van der Waals surface area (Å²) < 4.78 is 62.0. The average molecular weight is 940 g/mol. The number of hydrogen-bond donors (Lipinski definition) is 11. The number of imidazole rings is 1. The molecule has 13 N–H and O–H groups in total. The molecule has 3 heterocycles. The van der Waals surface area contributed by atoms with Crippen LogP contribution in [-0.4, -0.2) is 164 Å². The number of primary amides is 1. The van der Waals surface area contributed by atoms with Crippen LogP contribution in [0.25, 0.3) is 11.2 Å². The number of nitrogens with zero attached hydrogens (tertiary/aromatic N) is 5. The number of carbonyl (C=O) groups excluding carboxylic acids is 4. The number of thioether (sulfide) groups is 1. The van der Waals surface area contributed by atoms with Gasteiger partial charge in [0.05, 0.1) is 39.2 Å². The van der Waals surface area contributed by atoms with Crippen molar-refractivity contribution in [1.29, 1.82) is 0 Å². The highest BCUT2D eigenvalue weighted by Crippen LogP contribution is 2.61. The third-order valence-electron chi connectivity index (χ3n) is 7.86. The van der Waals surface area contributed by atoms with Gasteiger partial charge in [0.2, 0.25) is 22.8 Å². The molecule has 1 aliphatic rings. The number of anilines is 1. The summed E-state index contributed by atoms with van der Waals surface area (Å²) in [5.74, 6) is -3.68. The Labute approximate surface area is 342 Å². The molecule has 0 aliphatic carbocycles. The highest BCUT2D eigenvalue weighted by Gasteiger charge is 2.50. The smallest absolute Gasteiger partial charge is 0.480 e. The van der Waals surface area contributed by atoms with E-state index in [0.717, 1.165) is 33.9 Å². The Morgan fingerprint density at radius 1 is 1.02 bits per heavy atom. The Hall–Kier alpha value is -3.54. The summed E-state index contributed by atoms with van der Waals surface area (Å²) in [5, 5.41) is 34.6. The highest BCUT2D eigenvalue weighted by atomic mass is 32.2. The number of phosphoric ester groups is 3. The van der Waals surface area contributed by atoms with Gasteiger partial charge in [-0.3, -0.25) is 47.0 Å². The standard InChI is InChI=1S/C27H44N9O20P3S/c1-27(2,22(43)25(44)31-4-3-16(38)30-5-6-60-18(41)9-35(7-15(28)37)8-17(39)40)11-53-59(50,51)56-58(48,49)52-10-14-21(55-57(45,46)47)20(42)26(54-14)36-13-34-19-23(29)32-12-33-24(19)36/h12-14,20-22,26,42-43H,3-11H2,1-2H3,(H2,28,37)(H,30,38)(H,31,44)(H,39,40)(H,48,49)(H,50,51)(H2,29,32,33)(H2,45,46,47). The number of carboxylic acid groups (broad SMARTS) is 1. The first-order valence-corrected chi connectivity index (χ1v) is 22.5. The van der Waals surface area contributed by atoms with E-state index in [1.165, 1.54) is 13.8 Å². The molecule has 338 valence electrons. The molecule has 33 heteroatoms. The molecule has 3 amide bonds. The van der Waals surface area contributed by atoms with E-state index in [2.05, 4.69) is 34.4 Å². The first kappa shape index (κ1) is 50.8. The summed E-state index contributed by atoms with van der Waals surface area (Å²) in [6, 6.07) is 0. The van der Waals surface area contributed by atoms with Gasteiger partial charge in [-0.05, 0) is 0 Å². The van der Waals surface area contributed by atoms with Gasteiger partial charge in [0.1, 0.15) is 36.3 Å². The van der Waals surface area contributed by atoms with Crippen LogP contribution in [0.5, 0.6) is 0 Å². The van der Waals surface area contributed by atoms with Crippen molar-refractivity contribution in [3.63, 3.8) is 0 Å². The predicted molar refractivity (Wildman–Crippen MR) is 200 cm³/mol. The van der Waals surface area contributed by atoms with Gasteiger partial charge in [0, 0.05) is 30.7 Å². The van der Waals surface area contributed by atoms with E-state index in [-0.39, 0.29) is 48.8 Å². The van der Waals surface area contributed by atoms with Crippen LogP contribution >= 0.6 is 35.2 Å². The summed E-state index contributed by atoms with van der Waals surface area (Å²) in [5.41, 5.74) is 9.20. The van der Waals surface area contributed by atoms with Crippen molar-refractivity contribution in [1.82, 2.24) is 35.1 Å². The van der Waals surface area contributed by atoms with Gasteiger partial charge in [-0.15, -0.1) is 0 Å². The number of aliphatic hydroxyl groups is 2. The first-order valence-electron chi connectivity index (χ1n) is 17.0. The molecule has 0 saturated carbocycles. The summed E-state index contributed by atoms with van der Waals surface area (Å²) in [6.45, 7) is -1.39. The third kappa shape index (κ3) is 16.1. The van der Waals surface area contributed by atoms with Gasteiger partial charge < -0.3 is 61.7 Å². The molecule has 60 heavy (non-hydrogen) atoms. The Morgan fingerprint density at radius 3 is 2.32 bits per heavy atom. The van der Waals surface area contributed by atoms with Gasteiger partial charge in [0.25, 0.3) is 0 Å². The molecule has 7 unspecified atom stereocenters. The molecule has 0 aromatic carbocycles. The maximum Gasteiger partial charge on any atom is 0.481 e. The predicted octanol–water partition coefficient (Wildman–Crippen LogP) is -3.46. The van der Waals surface area contributed by atoms with Crippen LogP contribution in [0.3, 0.4) is 0 Å². The summed E-state index contributed by atoms with van der Waals surface area (Å²) >= 11 is 0.766. The lowest BCUT2D eigenvalue weighted by atomic mass is 9.87. The zero-order chi connectivity index (χ0) is 45.2. The number of amides is 3. The van der Waals surface area contributed by atoms with Crippen molar-refractivity contribution in [3.05, 3.63) is 12.7 Å². The first-order chi connectivity index (χ1) is 27.7. The average Bonchev–Trinajstić information content (AvgIpc) is 3.67. The molecule has 2 aromatic rings. The number of carboxylic acids is 1. The number of carbonyl (C=O) groups is 5. The van der Waals surface area contributed by atoms with Crippen molar-refractivity contribution < 1.29 is 95.2 Å². The molecule has 2 aromatic heterocycles. The Kier molecular flexibility index (Phi) is 18.2. The monoisotopic (exact) mass is 939 g/mol. The number of aromatic nitrogens is 4. The quantitative estimate of drug-likeness (QED) is 0.0340. The van der Waals surface area contributed by atoms with Crippen molar-refractivity contribution in [2.75, 3.05) is 57.4 Å². The second kappa shape index (κ2) is 21.5. The lowest BCUT2D eigenvalue weighted by molar-refractivity contribution is -0.139. The van der Waals surface area contributed by atoms with Gasteiger partial charge in [0.15, 0.2) is 17.7 Å². The van der Waals surface area contributed by atoms with Crippen LogP contribution < -0.4 is 22.1 Å². The number of ether oxygens (including phenoxy) is 1. The molecule has 0 radical (unpaired) electrons. The number of nitrogens with two attached hydrogens (primary N) is 2. The maximum atomic E-state index is 12.7. The fourth-order valence-electron chi connectivity index (χ4n) is 5.10. The minimum absolute atomic E-state index is 0.000127. The molecule has 1 saturated heterocycles. The van der Waals surface area contributed by atoms with Gasteiger partial charge in [-0.1, -0.05) is 25.6 Å². The second-order valence-corrected chi connectivity index (χ2v) is 18.7. The van der Waals surface area contributed by atoms with Gasteiger partial charge >= 0.3 is 29.4 Å². The van der Waals surface area contributed by atoms with E-state index in [0.29, 0.717) is 0 Å². The number of hydrogen-bond acceptors (Lipinski definition) is 21. The van der Waals surface area contributed by atoms with E-state index in [9.17, 15) is 67.5 Å². The van der Waals surface area contributed by atoms with E-state index in [1.807, 2.05) is 0 Å². The van der Waals surface area contributed by atoms with Crippen molar-refractivity contribution in [2.45, 2.75) is 50.9 Å². The number of phosphoric acid groups is 3. The van der Waals surface area contributed by atoms with Crippen molar-refractivity contribution in [3.8, 4) is 0 Å². The van der Waals surface area contributed by atoms with E-state index >= 15 is 0 Å². The molecule has 0 spiro atoms. The third-order valence-corrected chi connectivity index (χ3v) is 11.8. The fourth-order valence-corrected chi connectivity index (χ4v) is 8.64. The minimum Gasteiger partial charge on any atom is -0.480 e. The van der Waals surface area contributed by atoms with Crippen LogP contribution in [0, 0.1) is 5.41 Å². The van der Waals surface area contributed by atoms with Crippen molar-refractivity contribution in [2.24, 2.45) is 11.1 Å². The summed E-state index contributed by atoms with van der Waals surface area (Å²) in [7, 11) is -16.5. The summed E-state index contributed by atoms with van der Waals surface area (Å²) in [4.78, 5) is 111. The molecular formula is C27H44N9O20P3S. The van der Waals surface area contributed by atoms with Crippen LogP contribution in [0.1, 0.15) is 26.5 Å². The lowest BCUT2D eigenvalue weighted by Gasteiger charge is -2.30. The van der Waals surface area contributed by atoms with Crippen LogP contribution in [-0.2, 0) is 60.3 Å². The van der Waals surface area contributed by atoms with Gasteiger partial charge in [-0.2, -0.15) is 4.31 Å². The maximum absolute atomic E-state index is 12.7. The van der Waals surface area contributed by atoms with Gasteiger partial charge in [-0.25, -0.2) is 28.6 Å². The molecular weight excluding hydrogens is 895 g/mol. The number of rotatable bonds is 25. The number of aliphatic hydroxyl groups excluding tert-OH is 2. The fraction of sp³-hybridized carbons (Fsp3) is 0.630. The normalized spacial score (nSPS) is 20.9. The van der Waals surface area contributed by atoms with Crippen LogP contribution in [0.4, 0.5) is 5.82 Å². The lowest BCUT2D eigenvalue weighted by Crippen LogP contribution is -2.46. The topological polar surface area (TPSA) is 447 Å². The molecule has 1 aliphatic heterocycles.